The third-order valence-electron chi connectivity index (χ3n) is 5.22. The zero-order valence-corrected chi connectivity index (χ0v) is 14.0. The highest BCUT2D eigenvalue weighted by atomic mass is 16.2. The van der Waals surface area contributed by atoms with Crippen LogP contribution in [0, 0.1) is 5.92 Å². The molecule has 2 N–H and O–H groups in total. The summed E-state index contributed by atoms with van der Waals surface area (Å²) in [5.74, 6) is 0.950. The Morgan fingerprint density at radius 1 is 1.29 bits per heavy atom. The lowest BCUT2D eigenvalue weighted by atomic mass is 9.99. The molecule has 122 valence electrons. The normalized spacial score (nSPS) is 27.5. The van der Waals surface area contributed by atoms with Crippen molar-refractivity contribution in [1.82, 2.24) is 15.5 Å². The summed E-state index contributed by atoms with van der Waals surface area (Å²) >= 11 is 0. The smallest absolute Gasteiger partial charge is 0.237 e. The van der Waals surface area contributed by atoms with Gasteiger partial charge in [-0.1, -0.05) is 20.3 Å². The summed E-state index contributed by atoms with van der Waals surface area (Å²) in [6.45, 7) is 9.92. The second kappa shape index (κ2) is 8.14. The molecule has 2 heterocycles. The summed E-state index contributed by atoms with van der Waals surface area (Å²) in [6.07, 6.45) is 6.85. The first-order valence-corrected chi connectivity index (χ1v) is 8.88. The first-order chi connectivity index (χ1) is 10.1. The van der Waals surface area contributed by atoms with Gasteiger partial charge in [0, 0.05) is 12.1 Å². The molecule has 0 bridgehead atoms. The molecule has 21 heavy (non-hydrogen) atoms. The van der Waals surface area contributed by atoms with Gasteiger partial charge >= 0.3 is 0 Å². The highest BCUT2D eigenvalue weighted by Crippen LogP contribution is 2.24. The van der Waals surface area contributed by atoms with Crippen molar-refractivity contribution < 1.29 is 4.79 Å². The third kappa shape index (κ3) is 4.68. The lowest BCUT2D eigenvalue weighted by Crippen LogP contribution is -2.52. The number of carbonyl (C=O) groups excluding carboxylic acids is 1. The minimum atomic E-state index is 0.118. The van der Waals surface area contributed by atoms with E-state index in [0.717, 1.165) is 32.5 Å². The Kier molecular flexibility index (Phi) is 6.49. The van der Waals surface area contributed by atoms with Gasteiger partial charge in [0.05, 0.1) is 6.04 Å². The van der Waals surface area contributed by atoms with E-state index in [-0.39, 0.29) is 11.9 Å². The van der Waals surface area contributed by atoms with Crippen LogP contribution in [0.5, 0.6) is 0 Å². The van der Waals surface area contributed by atoms with Crippen molar-refractivity contribution in [3.05, 3.63) is 0 Å². The van der Waals surface area contributed by atoms with E-state index in [0.29, 0.717) is 18.0 Å². The summed E-state index contributed by atoms with van der Waals surface area (Å²) in [4.78, 5) is 15.1. The van der Waals surface area contributed by atoms with Crippen molar-refractivity contribution in [1.29, 1.82) is 0 Å². The van der Waals surface area contributed by atoms with Gasteiger partial charge in [0.2, 0.25) is 5.91 Å². The van der Waals surface area contributed by atoms with Crippen molar-refractivity contribution in [2.24, 2.45) is 5.92 Å². The molecule has 2 rings (SSSR count). The van der Waals surface area contributed by atoms with Crippen LogP contribution in [0.25, 0.3) is 0 Å². The van der Waals surface area contributed by atoms with E-state index >= 15 is 0 Å². The Bertz CT molecular complexity index is 328. The Morgan fingerprint density at radius 3 is 2.67 bits per heavy atom. The van der Waals surface area contributed by atoms with Crippen LogP contribution in [0.2, 0.25) is 0 Å². The predicted molar refractivity (Wildman–Crippen MR) is 87.3 cm³/mol. The second-order valence-corrected chi connectivity index (χ2v) is 7.04. The van der Waals surface area contributed by atoms with E-state index in [4.69, 9.17) is 0 Å². The molecule has 0 aromatic carbocycles. The Balaban J connectivity index is 1.85. The van der Waals surface area contributed by atoms with Crippen LogP contribution in [0.4, 0.5) is 0 Å². The largest absolute Gasteiger partial charge is 0.352 e. The predicted octanol–water partition coefficient (Wildman–Crippen LogP) is 2.14. The van der Waals surface area contributed by atoms with Gasteiger partial charge < -0.3 is 10.6 Å². The number of piperidine rings is 1. The van der Waals surface area contributed by atoms with Crippen LogP contribution in [-0.4, -0.2) is 48.6 Å². The molecule has 3 atom stereocenters. The Labute approximate surface area is 130 Å². The van der Waals surface area contributed by atoms with Crippen LogP contribution >= 0.6 is 0 Å². The van der Waals surface area contributed by atoms with Gasteiger partial charge in [-0.3, -0.25) is 9.69 Å². The van der Waals surface area contributed by atoms with Crippen LogP contribution in [0.1, 0.15) is 59.3 Å². The molecular formula is C17H33N3O. The fourth-order valence-corrected chi connectivity index (χ4v) is 3.81. The van der Waals surface area contributed by atoms with Gasteiger partial charge in [-0.25, -0.2) is 0 Å². The monoisotopic (exact) mass is 295 g/mol. The summed E-state index contributed by atoms with van der Waals surface area (Å²) in [5.41, 5.74) is 0. The molecular weight excluding hydrogens is 262 g/mol. The van der Waals surface area contributed by atoms with E-state index in [1.165, 1.54) is 25.7 Å². The second-order valence-electron chi connectivity index (χ2n) is 7.04. The van der Waals surface area contributed by atoms with Crippen LogP contribution in [0.3, 0.4) is 0 Å². The SMILES string of the molecule is CCC(C)CC(C)NC(=O)C1CCCN1C1CCNCC1. The standard InChI is InChI=1S/C17H33N3O/c1-4-13(2)12-14(3)19-17(21)16-6-5-11-20(16)15-7-9-18-10-8-15/h13-16,18H,4-12H2,1-3H3,(H,19,21). The van der Waals surface area contributed by atoms with E-state index in [9.17, 15) is 4.79 Å². The lowest BCUT2D eigenvalue weighted by Gasteiger charge is -2.35. The molecule has 3 unspecified atom stereocenters. The van der Waals surface area contributed by atoms with Crippen LogP contribution in [0.15, 0.2) is 0 Å². The minimum Gasteiger partial charge on any atom is -0.352 e. The molecule has 0 aromatic rings. The number of amides is 1. The Morgan fingerprint density at radius 2 is 2.00 bits per heavy atom. The van der Waals surface area contributed by atoms with E-state index < -0.39 is 0 Å². The number of hydrogen-bond acceptors (Lipinski definition) is 3. The summed E-state index contributed by atoms with van der Waals surface area (Å²) in [6, 6.07) is 1.02. The molecule has 2 aliphatic heterocycles. The van der Waals surface area contributed by atoms with Gasteiger partial charge in [0.15, 0.2) is 0 Å². The lowest BCUT2D eigenvalue weighted by molar-refractivity contribution is -0.127. The van der Waals surface area contributed by atoms with Crippen molar-refractivity contribution >= 4 is 5.91 Å². The molecule has 0 saturated carbocycles. The summed E-state index contributed by atoms with van der Waals surface area (Å²) in [7, 11) is 0. The maximum Gasteiger partial charge on any atom is 0.237 e. The van der Waals surface area contributed by atoms with Crippen LogP contribution < -0.4 is 10.6 Å². The molecule has 4 heteroatoms. The average Bonchev–Trinajstić information content (AvgIpc) is 2.97. The zero-order chi connectivity index (χ0) is 15.2. The quantitative estimate of drug-likeness (QED) is 0.789. The van der Waals surface area contributed by atoms with Gasteiger partial charge in [-0.05, 0) is 64.6 Å². The number of nitrogens with zero attached hydrogens (tertiary/aromatic N) is 1. The van der Waals surface area contributed by atoms with Crippen molar-refractivity contribution in [2.75, 3.05) is 19.6 Å². The molecule has 2 fully saturated rings. The fourth-order valence-electron chi connectivity index (χ4n) is 3.81. The van der Waals surface area contributed by atoms with Crippen molar-refractivity contribution in [3.63, 3.8) is 0 Å². The average molecular weight is 295 g/mol. The highest BCUT2D eigenvalue weighted by molar-refractivity contribution is 5.82. The first kappa shape index (κ1) is 16.8. The summed E-state index contributed by atoms with van der Waals surface area (Å²) in [5, 5.41) is 6.68. The first-order valence-electron chi connectivity index (χ1n) is 8.88. The molecule has 1 amide bonds. The Hall–Kier alpha value is -0.610. The molecule has 0 spiro atoms. The number of rotatable bonds is 6. The third-order valence-corrected chi connectivity index (χ3v) is 5.22. The number of nitrogens with one attached hydrogen (secondary N) is 2. The van der Waals surface area contributed by atoms with E-state index in [1.54, 1.807) is 0 Å². The topological polar surface area (TPSA) is 44.4 Å². The van der Waals surface area contributed by atoms with E-state index in [1.807, 2.05) is 0 Å². The van der Waals surface area contributed by atoms with Gasteiger partial charge in [0.1, 0.15) is 0 Å². The molecule has 0 radical (unpaired) electrons. The molecule has 4 nitrogen and oxygen atoms in total. The number of carbonyl (C=O) groups is 1. The molecule has 0 aliphatic carbocycles. The van der Waals surface area contributed by atoms with Crippen LogP contribution in [-0.2, 0) is 4.79 Å². The number of likely N-dealkylation sites (tertiary alicyclic amines) is 1. The highest BCUT2D eigenvalue weighted by Gasteiger charge is 2.36. The molecule has 2 saturated heterocycles. The number of hydrogen-bond donors (Lipinski definition) is 2. The van der Waals surface area contributed by atoms with Crippen molar-refractivity contribution in [2.45, 2.75) is 77.4 Å². The minimum absolute atomic E-state index is 0.118. The van der Waals surface area contributed by atoms with Gasteiger partial charge in [-0.2, -0.15) is 0 Å². The summed E-state index contributed by atoms with van der Waals surface area (Å²) < 4.78 is 0. The fraction of sp³-hybridized carbons (Fsp3) is 0.941. The zero-order valence-electron chi connectivity index (χ0n) is 14.0. The molecule has 2 aliphatic rings. The maximum atomic E-state index is 12.6. The van der Waals surface area contributed by atoms with Gasteiger partial charge in [-0.15, -0.1) is 0 Å². The van der Waals surface area contributed by atoms with E-state index in [2.05, 4.69) is 36.3 Å². The van der Waals surface area contributed by atoms with Gasteiger partial charge in [0.25, 0.3) is 0 Å². The maximum absolute atomic E-state index is 12.6. The van der Waals surface area contributed by atoms with Crippen molar-refractivity contribution in [3.8, 4) is 0 Å². The molecule has 0 aromatic heterocycles.